The minimum Gasteiger partial charge on any atom is -0.724 e. The SMILES string of the molecule is O=C(CN1CCOCC1)NNC(=O)[C@@H]1CC[C@@H]2CN1C(=O)N2OS(=O)(=O)[O-].[Na+]. The number of piperidine rings is 1. The largest absolute Gasteiger partial charge is 1.00 e. The van der Waals surface area contributed by atoms with Crippen molar-refractivity contribution in [3.63, 3.8) is 0 Å². The third-order valence-electron chi connectivity index (χ3n) is 4.59. The minimum atomic E-state index is -5.10. The van der Waals surface area contributed by atoms with E-state index in [0.29, 0.717) is 31.4 Å². The third kappa shape index (κ3) is 5.76. The first kappa shape index (κ1) is 23.3. The molecule has 3 fully saturated rings. The normalized spacial score (nSPS) is 25.2. The molecule has 0 spiro atoms. The Hall–Kier alpha value is -1.00. The second kappa shape index (κ2) is 9.67. The van der Waals surface area contributed by atoms with Crippen LogP contribution in [-0.2, 0) is 29.0 Å². The van der Waals surface area contributed by atoms with Crippen LogP contribution >= 0.6 is 0 Å². The van der Waals surface area contributed by atoms with Crippen LogP contribution in [0.2, 0.25) is 0 Å². The summed E-state index contributed by atoms with van der Waals surface area (Å²) in [5, 5.41) is 0.493. The summed E-state index contributed by atoms with van der Waals surface area (Å²) in [6.07, 6.45) is 0.512. The van der Waals surface area contributed by atoms with Gasteiger partial charge in [-0.1, -0.05) is 0 Å². The summed E-state index contributed by atoms with van der Waals surface area (Å²) in [7, 11) is -5.10. The number of nitrogens with one attached hydrogen (secondary N) is 2. The number of carbonyl (C=O) groups is 3. The number of morpholine rings is 1. The fraction of sp³-hybridized carbons (Fsp3) is 0.769. The van der Waals surface area contributed by atoms with Crippen molar-refractivity contribution >= 4 is 28.2 Å². The number of nitrogens with zero attached hydrogens (tertiary/aromatic N) is 3. The van der Waals surface area contributed by atoms with Gasteiger partial charge < -0.3 is 14.2 Å². The van der Waals surface area contributed by atoms with Gasteiger partial charge in [-0.2, -0.15) is 9.35 Å². The molecule has 0 aromatic carbocycles. The van der Waals surface area contributed by atoms with Crippen molar-refractivity contribution in [3.05, 3.63) is 0 Å². The van der Waals surface area contributed by atoms with Gasteiger partial charge in [-0.05, 0) is 12.8 Å². The molecule has 2 atom stereocenters. The Labute approximate surface area is 183 Å². The number of hydrogen-bond acceptors (Lipinski definition) is 9. The fourth-order valence-corrected chi connectivity index (χ4v) is 3.70. The van der Waals surface area contributed by atoms with Crippen LogP contribution in [0.1, 0.15) is 12.8 Å². The average Bonchev–Trinajstić information content (AvgIpc) is 2.84. The fourth-order valence-electron chi connectivity index (χ4n) is 3.32. The van der Waals surface area contributed by atoms with E-state index >= 15 is 0 Å². The molecule has 0 unspecified atom stereocenters. The molecular formula is C13H20N5NaO8S. The van der Waals surface area contributed by atoms with E-state index in [9.17, 15) is 27.4 Å². The number of rotatable bonds is 5. The van der Waals surface area contributed by atoms with Crippen molar-refractivity contribution in [2.75, 3.05) is 39.4 Å². The number of hydroxylamine groups is 2. The van der Waals surface area contributed by atoms with Crippen molar-refractivity contribution in [3.8, 4) is 0 Å². The number of hydrogen-bond donors (Lipinski definition) is 2. The quantitative estimate of drug-likeness (QED) is 0.188. The molecule has 4 amide bonds. The molecule has 0 aromatic heterocycles. The number of ether oxygens (including phenoxy) is 1. The Morgan fingerprint density at radius 1 is 1.21 bits per heavy atom. The van der Waals surface area contributed by atoms with Gasteiger partial charge >= 0.3 is 35.6 Å². The van der Waals surface area contributed by atoms with Crippen LogP contribution in [0, 0.1) is 0 Å². The van der Waals surface area contributed by atoms with E-state index in [0.717, 1.165) is 4.90 Å². The van der Waals surface area contributed by atoms with Gasteiger partial charge in [0.2, 0.25) is 10.4 Å². The van der Waals surface area contributed by atoms with Crippen molar-refractivity contribution in [2.24, 2.45) is 0 Å². The number of urea groups is 1. The van der Waals surface area contributed by atoms with Crippen LogP contribution in [0.4, 0.5) is 4.79 Å². The van der Waals surface area contributed by atoms with Crippen LogP contribution in [0.3, 0.4) is 0 Å². The van der Waals surface area contributed by atoms with E-state index in [4.69, 9.17) is 4.74 Å². The van der Waals surface area contributed by atoms with E-state index in [1.54, 1.807) is 0 Å². The van der Waals surface area contributed by atoms with Crippen LogP contribution in [-0.4, -0.2) is 97.2 Å². The molecule has 3 heterocycles. The summed E-state index contributed by atoms with van der Waals surface area (Å²) in [5.41, 5.74) is 4.58. The summed E-state index contributed by atoms with van der Waals surface area (Å²) in [5.74, 6) is -1.02. The van der Waals surface area contributed by atoms with Gasteiger partial charge in [0.25, 0.3) is 11.8 Å². The monoisotopic (exact) mass is 429 g/mol. The van der Waals surface area contributed by atoms with Crippen molar-refractivity contribution in [1.82, 2.24) is 25.7 Å². The van der Waals surface area contributed by atoms with Gasteiger partial charge in [-0.15, -0.1) is 0 Å². The molecule has 15 heteroatoms. The Kier molecular flexibility index (Phi) is 8.04. The molecule has 3 aliphatic heterocycles. The molecule has 0 aromatic rings. The second-order valence-electron chi connectivity index (χ2n) is 6.42. The summed E-state index contributed by atoms with van der Waals surface area (Å²) in [6, 6.07) is -2.40. The van der Waals surface area contributed by atoms with E-state index in [1.807, 2.05) is 4.90 Å². The standard InChI is InChI=1S/C13H21N5O8S.Na/c19-11(8-16-3-5-25-6-4-16)14-15-12(20)10-2-1-9-7-17(10)13(21)18(9)26-27(22,23)24;/h9-10H,1-8H2,(H,14,19)(H,15,20)(H,22,23,24);/q;+1/p-1/t9-,10+;/m1./s1. The van der Waals surface area contributed by atoms with E-state index < -0.39 is 40.3 Å². The summed E-state index contributed by atoms with van der Waals surface area (Å²) in [6.45, 7) is 2.46. The van der Waals surface area contributed by atoms with Crippen LogP contribution in [0.5, 0.6) is 0 Å². The molecule has 3 saturated heterocycles. The Morgan fingerprint density at radius 2 is 1.89 bits per heavy atom. The molecule has 0 aliphatic carbocycles. The molecule has 0 radical (unpaired) electrons. The summed E-state index contributed by atoms with van der Waals surface area (Å²) >= 11 is 0. The van der Waals surface area contributed by atoms with Crippen LogP contribution < -0.4 is 40.4 Å². The molecular weight excluding hydrogens is 409 g/mol. The van der Waals surface area contributed by atoms with Crippen molar-refractivity contribution < 1.29 is 65.9 Å². The zero-order valence-corrected chi connectivity index (χ0v) is 18.1. The maximum absolute atomic E-state index is 12.3. The van der Waals surface area contributed by atoms with Crippen molar-refractivity contribution in [2.45, 2.75) is 24.9 Å². The average molecular weight is 429 g/mol. The first-order valence-corrected chi connectivity index (χ1v) is 9.72. The van der Waals surface area contributed by atoms with Gasteiger partial charge in [0.1, 0.15) is 6.04 Å². The number of hydrazine groups is 1. The van der Waals surface area contributed by atoms with Gasteiger partial charge in [0.05, 0.1) is 25.8 Å². The second-order valence-corrected chi connectivity index (χ2v) is 7.38. The van der Waals surface area contributed by atoms with E-state index in [2.05, 4.69) is 15.1 Å². The molecule has 3 aliphatic rings. The zero-order valence-electron chi connectivity index (χ0n) is 15.3. The third-order valence-corrected chi connectivity index (χ3v) is 4.94. The Balaban J connectivity index is 0.00000280. The number of carbonyl (C=O) groups excluding carboxylic acids is 3. The molecule has 0 saturated carbocycles. The first-order valence-electron chi connectivity index (χ1n) is 8.38. The number of amides is 4. The zero-order chi connectivity index (χ0) is 19.6. The van der Waals surface area contributed by atoms with E-state index in [-0.39, 0.29) is 55.5 Å². The Bertz CT molecular complexity index is 716. The molecule has 3 rings (SSSR count). The van der Waals surface area contributed by atoms with Gasteiger partial charge in [-0.3, -0.25) is 25.3 Å². The number of fused-ring (bicyclic) bond motifs is 2. The summed E-state index contributed by atoms with van der Waals surface area (Å²) < 4.78 is 41.6. The van der Waals surface area contributed by atoms with E-state index in [1.165, 1.54) is 0 Å². The summed E-state index contributed by atoms with van der Waals surface area (Å²) in [4.78, 5) is 39.4. The topological polar surface area (TPSA) is 161 Å². The first-order chi connectivity index (χ1) is 12.7. The van der Waals surface area contributed by atoms with Crippen LogP contribution in [0.15, 0.2) is 0 Å². The predicted octanol–water partition coefficient (Wildman–Crippen LogP) is -5.87. The van der Waals surface area contributed by atoms with Gasteiger partial charge in [0.15, 0.2) is 0 Å². The smallest absolute Gasteiger partial charge is 0.724 e. The molecule has 28 heavy (non-hydrogen) atoms. The molecule has 152 valence electrons. The molecule has 2 bridgehead atoms. The van der Waals surface area contributed by atoms with Crippen LogP contribution in [0.25, 0.3) is 0 Å². The molecule has 13 nitrogen and oxygen atoms in total. The van der Waals surface area contributed by atoms with Gasteiger partial charge in [-0.25, -0.2) is 13.2 Å². The predicted molar refractivity (Wildman–Crippen MR) is 85.1 cm³/mol. The van der Waals surface area contributed by atoms with Crippen molar-refractivity contribution in [1.29, 1.82) is 0 Å². The molecule has 2 N–H and O–H groups in total. The maximum atomic E-state index is 12.3. The van der Waals surface area contributed by atoms with Gasteiger partial charge in [0, 0.05) is 19.6 Å². The maximum Gasteiger partial charge on any atom is 1.00 e. The Morgan fingerprint density at radius 3 is 2.54 bits per heavy atom. The minimum absolute atomic E-state index is 0.